The highest BCUT2D eigenvalue weighted by molar-refractivity contribution is 5.43. The van der Waals surface area contributed by atoms with E-state index >= 15 is 0 Å². The maximum absolute atomic E-state index is 11.9. The average Bonchev–Trinajstić information content (AvgIpc) is 2.12. The SMILES string of the molecule is Nc1cccc(OCC(O)C(F)(F)F)c1. The molecule has 3 N–H and O–H groups in total. The second-order valence-electron chi connectivity index (χ2n) is 2.94. The van der Waals surface area contributed by atoms with Crippen LogP contribution in [-0.4, -0.2) is 24.0 Å². The van der Waals surface area contributed by atoms with Crippen molar-refractivity contribution in [3.8, 4) is 5.75 Å². The predicted molar refractivity (Wildman–Crippen MR) is 48.4 cm³/mol. The van der Waals surface area contributed by atoms with Gasteiger partial charge in [-0.3, -0.25) is 0 Å². The lowest BCUT2D eigenvalue weighted by atomic mass is 10.3. The van der Waals surface area contributed by atoms with Crippen LogP contribution in [0, 0.1) is 0 Å². The lowest BCUT2D eigenvalue weighted by Crippen LogP contribution is -2.34. The molecular formula is C9H10F3NO2. The van der Waals surface area contributed by atoms with Crippen molar-refractivity contribution in [1.82, 2.24) is 0 Å². The standard InChI is InChI=1S/C9H10F3NO2/c10-9(11,12)8(14)5-15-7-3-1-2-6(13)4-7/h1-4,8,14H,5,13H2. The normalized spacial score (nSPS) is 13.6. The van der Waals surface area contributed by atoms with E-state index in [2.05, 4.69) is 0 Å². The van der Waals surface area contributed by atoms with Gasteiger partial charge in [-0.05, 0) is 12.1 Å². The van der Waals surface area contributed by atoms with Gasteiger partial charge in [-0.2, -0.15) is 13.2 Å². The number of hydrogen-bond acceptors (Lipinski definition) is 3. The number of nitrogen functional groups attached to an aromatic ring is 1. The van der Waals surface area contributed by atoms with E-state index in [9.17, 15) is 13.2 Å². The molecule has 0 spiro atoms. The molecule has 84 valence electrons. The Morgan fingerprint density at radius 3 is 2.60 bits per heavy atom. The van der Waals surface area contributed by atoms with Crippen LogP contribution in [0.5, 0.6) is 5.75 Å². The Balaban J connectivity index is 2.51. The van der Waals surface area contributed by atoms with Crippen molar-refractivity contribution in [3.05, 3.63) is 24.3 Å². The zero-order chi connectivity index (χ0) is 11.5. The smallest absolute Gasteiger partial charge is 0.417 e. The Morgan fingerprint density at radius 1 is 1.40 bits per heavy atom. The van der Waals surface area contributed by atoms with Crippen LogP contribution in [0.25, 0.3) is 0 Å². The van der Waals surface area contributed by atoms with Crippen LogP contribution in [0.3, 0.4) is 0 Å². The molecule has 1 unspecified atom stereocenters. The van der Waals surface area contributed by atoms with Gasteiger partial charge in [0.05, 0.1) is 0 Å². The first kappa shape index (κ1) is 11.6. The quantitative estimate of drug-likeness (QED) is 0.762. The number of nitrogens with two attached hydrogens (primary N) is 1. The number of ether oxygens (including phenoxy) is 1. The molecular weight excluding hydrogens is 211 g/mol. The highest BCUT2D eigenvalue weighted by Crippen LogP contribution is 2.21. The van der Waals surface area contributed by atoms with Gasteiger partial charge in [-0.25, -0.2) is 0 Å². The number of aliphatic hydroxyl groups excluding tert-OH is 1. The summed E-state index contributed by atoms with van der Waals surface area (Å²) in [5, 5.41) is 8.64. The van der Waals surface area contributed by atoms with Gasteiger partial charge in [0.25, 0.3) is 0 Å². The summed E-state index contributed by atoms with van der Waals surface area (Å²) in [6, 6.07) is 5.96. The summed E-state index contributed by atoms with van der Waals surface area (Å²) in [7, 11) is 0. The van der Waals surface area contributed by atoms with Gasteiger partial charge in [-0.1, -0.05) is 6.07 Å². The topological polar surface area (TPSA) is 55.5 Å². The molecule has 0 saturated carbocycles. The molecule has 15 heavy (non-hydrogen) atoms. The molecule has 6 heteroatoms. The van der Waals surface area contributed by atoms with E-state index in [1.807, 2.05) is 0 Å². The first-order chi connectivity index (χ1) is 6.89. The molecule has 1 rings (SSSR count). The maximum atomic E-state index is 11.9. The third-order valence-corrected chi connectivity index (χ3v) is 1.64. The van der Waals surface area contributed by atoms with Crippen LogP contribution in [-0.2, 0) is 0 Å². The third kappa shape index (κ3) is 3.67. The van der Waals surface area contributed by atoms with Gasteiger partial charge in [0.1, 0.15) is 12.4 Å². The summed E-state index contributed by atoms with van der Waals surface area (Å²) in [6.07, 6.45) is -7.15. The minimum atomic E-state index is -4.67. The first-order valence-corrected chi connectivity index (χ1v) is 4.12. The van der Waals surface area contributed by atoms with E-state index in [0.717, 1.165) is 0 Å². The molecule has 0 saturated heterocycles. The minimum Gasteiger partial charge on any atom is -0.490 e. The first-order valence-electron chi connectivity index (χ1n) is 4.12. The number of halogens is 3. The molecule has 0 heterocycles. The maximum Gasteiger partial charge on any atom is 0.417 e. The van der Waals surface area contributed by atoms with Crippen molar-refractivity contribution in [2.45, 2.75) is 12.3 Å². The summed E-state index contributed by atoms with van der Waals surface area (Å²) in [5.41, 5.74) is 5.77. The Kier molecular flexibility index (Phi) is 3.41. The van der Waals surface area contributed by atoms with Gasteiger partial charge < -0.3 is 15.6 Å². The van der Waals surface area contributed by atoms with Crippen LogP contribution in [0.15, 0.2) is 24.3 Å². The van der Waals surface area contributed by atoms with Crippen LogP contribution >= 0.6 is 0 Å². The number of benzene rings is 1. The fourth-order valence-electron chi connectivity index (χ4n) is 0.874. The molecule has 1 atom stereocenters. The van der Waals surface area contributed by atoms with E-state index in [4.69, 9.17) is 15.6 Å². The predicted octanol–water partition coefficient (Wildman–Crippen LogP) is 1.57. The van der Waals surface area contributed by atoms with E-state index < -0.39 is 18.9 Å². The largest absolute Gasteiger partial charge is 0.490 e. The molecule has 0 aromatic heterocycles. The Labute approximate surface area is 84.3 Å². The molecule has 0 bridgehead atoms. The second kappa shape index (κ2) is 4.39. The van der Waals surface area contributed by atoms with Gasteiger partial charge >= 0.3 is 6.18 Å². The fourth-order valence-corrected chi connectivity index (χ4v) is 0.874. The van der Waals surface area contributed by atoms with Gasteiger partial charge in [0.15, 0.2) is 6.10 Å². The number of hydrogen-bond donors (Lipinski definition) is 2. The van der Waals surface area contributed by atoms with Crippen molar-refractivity contribution >= 4 is 5.69 Å². The number of anilines is 1. The molecule has 0 radical (unpaired) electrons. The van der Waals surface area contributed by atoms with Gasteiger partial charge in [0.2, 0.25) is 0 Å². The van der Waals surface area contributed by atoms with Crippen LogP contribution in [0.1, 0.15) is 0 Å². The number of rotatable bonds is 3. The van der Waals surface area contributed by atoms with Crippen LogP contribution in [0.2, 0.25) is 0 Å². The minimum absolute atomic E-state index is 0.193. The summed E-state index contributed by atoms with van der Waals surface area (Å²) in [6.45, 7) is -0.840. The summed E-state index contributed by atoms with van der Waals surface area (Å²) in [5.74, 6) is 0.193. The second-order valence-corrected chi connectivity index (χ2v) is 2.94. The summed E-state index contributed by atoms with van der Waals surface area (Å²) in [4.78, 5) is 0. The fraction of sp³-hybridized carbons (Fsp3) is 0.333. The average molecular weight is 221 g/mol. The van der Waals surface area contributed by atoms with Gasteiger partial charge in [0, 0.05) is 11.8 Å². The van der Waals surface area contributed by atoms with Crippen molar-refractivity contribution < 1.29 is 23.0 Å². The molecule has 0 aliphatic rings. The lowest BCUT2D eigenvalue weighted by Gasteiger charge is -2.15. The monoisotopic (exact) mass is 221 g/mol. The van der Waals surface area contributed by atoms with Gasteiger partial charge in [-0.15, -0.1) is 0 Å². The molecule has 1 aromatic carbocycles. The van der Waals surface area contributed by atoms with E-state index in [1.165, 1.54) is 12.1 Å². The molecule has 0 aliphatic carbocycles. The number of alkyl halides is 3. The van der Waals surface area contributed by atoms with Crippen molar-refractivity contribution in [3.63, 3.8) is 0 Å². The zero-order valence-corrected chi connectivity index (χ0v) is 7.66. The highest BCUT2D eigenvalue weighted by Gasteiger charge is 2.38. The van der Waals surface area contributed by atoms with E-state index in [-0.39, 0.29) is 5.75 Å². The molecule has 0 amide bonds. The molecule has 0 aliphatic heterocycles. The molecule has 0 fully saturated rings. The number of aliphatic hydroxyl groups is 1. The Hall–Kier alpha value is -1.43. The van der Waals surface area contributed by atoms with Crippen molar-refractivity contribution in [1.29, 1.82) is 0 Å². The molecule has 1 aromatic rings. The molecule has 3 nitrogen and oxygen atoms in total. The Bertz CT molecular complexity index is 327. The Morgan fingerprint density at radius 2 is 2.07 bits per heavy atom. The highest BCUT2D eigenvalue weighted by atomic mass is 19.4. The van der Waals surface area contributed by atoms with Crippen LogP contribution in [0.4, 0.5) is 18.9 Å². The van der Waals surface area contributed by atoms with Crippen LogP contribution < -0.4 is 10.5 Å². The van der Waals surface area contributed by atoms with Crippen molar-refractivity contribution in [2.24, 2.45) is 0 Å². The third-order valence-electron chi connectivity index (χ3n) is 1.64. The lowest BCUT2D eigenvalue weighted by molar-refractivity contribution is -0.210. The van der Waals surface area contributed by atoms with E-state index in [1.54, 1.807) is 12.1 Å². The van der Waals surface area contributed by atoms with E-state index in [0.29, 0.717) is 5.69 Å². The van der Waals surface area contributed by atoms with Crippen molar-refractivity contribution in [2.75, 3.05) is 12.3 Å². The summed E-state index contributed by atoms with van der Waals surface area (Å²) < 4.78 is 40.4. The zero-order valence-electron chi connectivity index (χ0n) is 7.66. The summed E-state index contributed by atoms with van der Waals surface area (Å²) >= 11 is 0.